The lowest BCUT2D eigenvalue weighted by molar-refractivity contribution is 0.0954. The van der Waals surface area contributed by atoms with Crippen LogP contribution < -0.4 is 4.90 Å². The zero-order chi connectivity index (χ0) is 20.3. The Morgan fingerprint density at radius 1 is 1.14 bits per heavy atom. The molecule has 1 aliphatic rings. The Balaban J connectivity index is 1.63. The van der Waals surface area contributed by atoms with Crippen LogP contribution in [-0.2, 0) is 0 Å². The second-order valence-electron chi connectivity index (χ2n) is 7.60. The molecule has 29 heavy (non-hydrogen) atoms. The van der Waals surface area contributed by atoms with E-state index in [-0.39, 0.29) is 17.8 Å². The Morgan fingerprint density at radius 2 is 1.97 bits per heavy atom. The van der Waals surface area contributed by atoms with Crippen molar-refractivity contribution >= 4 is 17.2 Å². The molecule has 5 rings (SSSR count). The van der Waals surface area contributed by atoms with Crippen molar-refractivity contribution in [3.63, 3.8) is 0 Å². The van der Waals surface area contributed by atoms with Gasteiger partial charge in [0.2, 0.25) is 0 Å². The molecule has 0 aliphatic carbocycles. The van der Waals surface area contributed by atoms with Gasteiger partial charge >= 0.3 is 0 Å². The Bertz CT molecular complexity index is 1270. The first-order valence-corrected chi connectivity index (χ1v) is 9.53. The minimum atomic E-state index is -0.277. The fraction of sp³-hybridized carbons (Fsp3) is 0.227. The summed E-state index contributed by atoms with van der Waals surface area (Å²) in [6.07, 6.45) is 5.55. The average Bonchev–Trinajstić information content (AvgIpc) is 3.31. The Morgan fingerprint density at radius 3 is 2.76 bits per heavy atom. The number of halogens is 1. The molecule has 4 heterocycles. The lowest BCUT2D eigenvalue weighted by Crippen LogP contribution is -2.42. The van der Waals surface area contributed by atoms with Crippen LogP contribution in [0.25, 0.3) is 16.8 Å². The molecular formula is C22H20FN5O. The second-order valence-corrected chi connectivity index (χ2v) is 7.60. The molecule has 6 nitrogen and oxygen atoms in total. The predicted octanol–water partition coefficient (Wildman–Crippen LogP) is 4.18. The lowest BCUT2D eigenvalue weighted by atomic mass is 10.0. The smallest absolute Gasteiger partial charge is 0.277 e. The van der Waals surface area contributed by atoms with Crippen molar-refractivity contribution in [3.8, 4) is 11.1 Å². The summed E-state index contributed by atoms with van der Waals surface area (Å²) in [5, 5.41) is 4.50. The molecule has 0 saturated heterocycles. The fourth-order valence-corrected chi connectivity index (χ4v) is 3.95. The van der Waals surface area contributed by atoms with Crippen molar-refractivity contribution in [1.29, 1.82) is 0 Å². The van der Waals surface area contributed by atoms with Crippen LogP contribution in [0.3, 0.4) is 0 Å². The lowest BCUT2D eigenvalue weighted by Gasteiger charge is -2.32. The Hall–Kier alpha value is -3.48. The number of rotatable bonds is 2. The van der Waals surface area contributed by atoms with Gasteiger partial charge in [0, 0.05) is 41.4 Å². The maximum Gasteiger partial charge on any atom is 0.277 e. The van der Waals surface area contributed by atoms with Gasteiger partial charge in [0.1, 0.15) is 17.2 Å². The SMILES string of the molecule is Cc1cc(N2C[C@H](C)n3ncc(-c4ccc5ncc(C)n5c4)c3C2=O)ccc1F. The zero-order valence-electron chi connectivity index (χ0n) is 16.4. The van der Waals surface area contributed by atoms with E-state index in [1.54, 1.807) is 34.8 Å². The van der Waals surface area contributed by atoms with Gasteiger partial charge in [-0.25, -0.2) is 9.37 Å². The number of fused-ring (bicyclic) bond motifs is 2. The van der Waals surface area contributed by atoms with Crippen molar-refractivity contribution in [2.24, 2.45) is 0 Å². The van der Waals surface area contributed by atoms with Crippen LogP contribution in [-0.4, -0.2) is 31.6 Å². The molecule has 0 unspecified atom stereocenters. The van der Waals surface area contributed by atoms with Gasteiger partial charge in [-0.1, -0.05) is 0 Å². The minimum Gasteiger partial charge on any atom is -0.305 e. The highest BCUT2D eigenvalue weighted by Crippen LogP contribution is 2.33. The normalized spacial score (nSPS) is 16.5. The first-order valence-electron chi connectivity index (χ1n) is 9.53. The number of carbonyl (C=O) groups is 1. The molecule has 0 bridgehead atoms. The van der Waals surface area contributed by atoms with Crippen LogP contribution in [0.4, 0.5) is 10.1 Å². The molecule has 1 amide bonds. The van der Waals surface area contributed by atoms with Crippen LogP contribution in [0, 0.1) is 19.7 Å². The third-order valence-electron chi connectivity index (χ3n) is 5.56. The van der Waals surface area contributed by atoms with Crippen molar-refractivity contribution in [2.45, 2.75) is 26.8 Å². The summed E-state index contributed by atoms with van der Waals surface area (Å²) in [4.78, 5) is 19.5. The summed E-state index contributed by atoms with van der Waals surface area (Å²) in [5.74, 6) is -0.412. The van der Waals surface area contributed by atoms with E-state index < -0.39 is 0 Å². The second kappa shape index (κ2) is 6.27. The number of hydrogen-bond donors (Lipinski definition) is 0. The molecule has 0 spiro atoms. The predicted molar refractivity (Wildman–Crippen MR) is 109 cm³/mol. The number of aryl methyl sites for hydroxylation is 2. The quantitative estimate of drug-likeness (QED) is 0.517. The van der Waals surface area contributed by atoms with Crippen molar-refractivity contribution in [2.75, 3.05) is 11.4 Å². The molecule has 3 aromatic heterocycles. The summed E-state index contributed by atoms with van der Waals surface area (Å²) in [6, 6.07) is 8.67. The monoisotopic (exact) mass is 389 g/mol. The largest absolute Gasteiger partial charge is 0.305 e. The summed E-state index contributed by atoms with van der Waals surface area (Å²) in [5.41, 5.74) is 5.31. The van der Waals surface area contributed by atoms with Crippen LogP contribution in [0.5, 0.6) is 0 Å². The van der Waals surface area contributed by atoms with E-state index in [0.29, 0.717) is 23.5 Å². The Kier molecular flexibility index (Phi) is 3.81. The number of aromatic nitrogens is 4. The maximum atomic E-state index is 13.7. The molecule has 1 aliphatic heterocycles. The average molecular weight is 389 g/mol. The van der Waals surface area contributed by atoms with Gasteiger partial charge in [-0.3, -0.25) is 9.48 Å². The molecule has 4 aromatic rings. The molecule has 0 N–H and O–H groups in total. The number of imidazole rings is 1. The van der Waals surface area contributed by atoms with E-state index in [2.05, 4.69) is 10.1 Å². The molecule has 1 aromatic carbocycles. The van der Waals surface area contributed by atoms with E-state index in [1.807, 2.05) is 42.8 Å². The highest BCUT2D eigenvalue weighted by molar-refractivity contribution is 6.09. The van der Waals surface area contributed by atoms with Gasteiger partial charge in [-0.05, 0) is 56.7 Å². The summed E-state index contributed by atoms with van der Waals surface area (Å²) in [6.45, 7) is 6.20. The van der Waals surface area contributed by atoms with Crippen LogP contribution in [0.2, 0.25) is 0 Å². The zero-order valence-corrected chi connectivity index (χ0v) is 16.4. The first-order chi connectivity index (χ1) is 13.9. The molecule has 7 heteroatoms. The minimum absolute atomic E-state index is 0.000483. The van der Waals surface area contributed by atoms with Gasteiger partial charge in [0.15, 0.2) is 0 Å². The molecule has 0 fully saturated rings. The summed E-state index contributed by atoms with van der Waals surface area (Å²) >= 11 is 0. The first kappa shape index (κ1) is 17.6. The number of carbonyl (C=O) groups excluding carboxylic acids is 1. The number of benzene rings is 1. The Labute approximate surface area is 167 Å². The number of hydrogen-bond acceptors (Lipinski definition) is 3. The molecule has 0 radical (unpaired) electrons. The van der Waals surface area contributed by atoms with E-state index in [9.17, 15) is 9.18 Å². The molecule has 146 valence electrons. The van der Waals surface area contributed by atoms with E-state index in [0.717, 1.165) is 22.5 Å². The van der Waals surface area contributed by atoms with E-state index in [1.165, 1.54) is 6.07 Å². The van der Waals surface area contributed by atoms with Gasteiger partial charge in [0.25, 0.3) is 5.91 Å². The number of amides is 1. The maximum absolute atomic E-state index is 13.7. The van der Waals surface area contributed by atoms with E-state index >= 15 is 0 Å². The van der Waals surface area contributed by atoms with Crippen molar-refractivity contribution in [1.82, 2.24) is 19.2 Å². The van der Waals surface area contributed by atoms with Gasteiger partial charge < -0.3 is 9.30 Å². The highest BCUT2D eigenvalue weighted by atomic mass is 19.1. The van der Waals surface area contributed by atoms with Gasteiger partial charge in [0.05, 0.1) is 12.2 Å². The molecule has 0 saturated carbocycles. The summed E-state index contributed by atoms with van der Waals surface area (Å²) in [7, 11) is 0. The van der Waals surface area contributed by atoms with Crippen molar-refractivity contribution in [3.05, 3.63) is 71.7 Å². The van der Waals surface area contributed by atoms with Gasteiger partial charge in [-0.2, -0.15) is 5.10 Å². The van der Waals surface area contributed by atoms with E-state index in [4.69, 9.17) is 0 Å². The third-order valence-corrected chi connectivity index (χ3v) is 5.56. The molecule has 1 atom stereocenters. The number of pyridine rings is 1. The standard InChI is InChI=1S/C22H20FN5O/c1-13-8-17(5-6-19(13)23)27-11-15(3)28-21(22(27)29)18(10-25-28)16-4-7-20-24-9-14(2)26(20)12-16/h4-10,12,15H,11H2,1-3H3/t15-/m0/s1. The number of nitrogens with zero attached hydrogens (tertiary/aromatic N) is 5. The molecular weight excluding hydrogens is 369 g/mol. The number of anilines is 1. The van der Waals surface area contributed by atoms with Crippen LogP contribution in [0.1, 0.15) is 34.7 Å². The van der Waals surface area contributed by atoms with Crippen LogP contribution in [0.15, 0.2) is 48.9 Å². The van der Waals surface area contributed by atoms with Gasteiger partial charge in [-0.15, -0.1) is 0 Å². The van der Waals surface area contributed by atoms with Crippen LogP contribution >= 0.6 is 0 Å². The highest BCUT2D eigenvalue weighted by Gasteiger charge is 2.34. The third kappa shape index (κ3) is 2.65. The fourth-order valence-electron chi connectivity index (χ4n) is 3.95. The summed E-state index contributed by atoms with van der Waals surface area (Å²) < 4.78 is 17.5. The topological polar surface area (TPSA) is 55.4 Å². The van der Waals surface area contributed by atoms with Crippen molar-refractivity contribution < 1.29 is 9.18 Å².